The molecular weight excluding hydrogens is 312 g/mol. The minimum Gasteiger partial charge on any atom is -0.385 e. The standard InChI is InChI=1S/C21H32N2O2/c1-25-16-13-21(11-14-23(15-12-21)17-19-7-8-19)22-20(24)10-9-18-5-3-2-4-6-18/h2-6,19H,7-17H2,1H3,(H,22,24). The maximum Gasteiger partial charge on any atom is 0.220 e. The third-order valence-electron chi connectivity index (χ3n) is 5.70. The first-order chi connectivity index (χ1) is 12.2. The van der Waals surface area contributed by atoms with Crippen molar-refractivity contribution in [1.82, 2.24) is 10.2 Å². The number of rotatable bonds is 9. The maximum atomic E-state index is 12.6. The molecule has 0 unspecified atom stereocenters. The lowest BCUT2D eigenvalue weighted by Gasteiger charge is -2.42. The van der Waals surface area contributed by atoms with E-state index in [9.17, 15) is 4.79 Å². The number of ether oxygens (including phenoxy) is 1. The Kier molecular flexibility index (Phi) is 6.49. The highest BCUT2D eigenvalue weighted by atomic mass is 16.5. The van der Waals surface area contributed by atoms with Gasteiger partial charge in [-0.2, -0.15) is 0 Å². The molecule has 1 heterocycles. The van der Waals surface area contributed by atoms with Crippen molar-refractivity contribution in [2.24, 2.45) is 5.92 Å². The van der Waals surface area contributed by atoms with Crippen LogP contribution in [0.4, 0.5) is 0 Å². The van der Waals surface area contributed by atoms with Crippen LogP contribution in [0.3, 0.4) is 0 Å². The average molecular weight is 344 g/mol. The number of hydrogen-bond acceptors (Lipinski definition) is 3. The number of carbonyl (C=O) groups is 1. The van der Waals surface area contributed by atoms with Gasteiger partial charge >= 0.3 is 0 Å². The number of nitrogens with zero attached hydrogens (tertiary/aromatic N) is 1. The van der Waals surface area contributed by atoms with Crippen LogP contribution >= 0.6 is 0 Å². The molecule has 0 spiro atoms. The van der Waals surface area contributed by atoms with Gasteiger partial charge in [-0.15, -0.1) is 0 Å². The molecule has 1 amide bonds. The number of piperidine rings is 1. The van der Waals surface area contributed by atoms with Crippen LogP contribution in [0.2, 0.25) is 0 Å². The SMILES string of the molecule is COCCC1(NC(=O)CCc2ccccc2)CCN(CC2CC2)CC1. The van der Waals surface area contributed by atoms with Crippen LogP contribution in [0.25, 0.3) is 0 Å². The molecule has 4 heteroatoms. The van der Waals surface area contributed by atoms with E-state index >= 15 is 0 Å². The molecule has 0 atom stereocenters. The molecule has 3 rings (SSSR count). The van der Waals surface area contributed by atoms with E-state index in [-0.39, 0.29) is 11.4 Å². The molecule has 1 aliphatic carbocycles. The molecule has 0 bridgehead atoms. The summed E-state index contributed by atoms with van der Waals surface area (Å²) in [5.74, 6) is 1.11. The second kappa shape index (κ2) is 8.81. The smallest absolute Gasteiger partial charge is 0.220 e. The van der Waals surface area contributed by atoms with Gasteiger partial charge in [-0.25, -0.2) is 0 Å². The first-order valence-electron chi connectivity index (χ1n) is 9.75. The highest BCUT2D eigenvalue weighted by molar-refractivity contribution is 5.77. The number of benzene rings is 1. The lowest BCUT2D eigenvalue weighted by molar-refractivity contribution is -0.124. The molecule has 2 aliphatic rings. The number of amides is 1. The largest absolute Gasteiger partial charge is 0.385 e. The van der Waals surface area contributed by atoms with Crippen LogP contribution < -0.4 is 5.32 Å². The molecule has 1 saturated carbocycles. The third kappa shape index (κ3) is 5.82. The number of carbonyl (C=O) groups excluding carboxylic acids is 1. The first kappa shape index (κ1) is 18.4. The maximum absolute atomic E-state index is 12.6. The van der Waals surface area contributed by atoms with Crippen molar-refractivity contribution >= 4 is 5.91 Å². The Balaban J connectivity index is 1.50. The predicted octanol–water partition coefficient (Wildman–Crippen LogP) is 3.02. The zero-order chi connectivity index (χ0) is 17.5. The van der Waals surface area contributed by atoms with E-state index in [0.29, 0.717) is 13.0 Å². The molecule has 1 N–H and O–H groups in total. The van der Waals surface area contributed by atoms with E-state index in [1.807, 2.05) is 18.2 Å². The zero-order valence-electron chi connectivity index (χ0n) is 15.5. The predicted molar refractivity (Wildman–Crippen MR) is 101 cm³/mol. The Bertz CT molecular complexity index is 534. The topological polar surface area (TPSA) is 41.6 Å². The molecule has 25 heavy (non-hydrogen) atoms. The number of methoxy groups -OCH3 is 1. The van der Waals surface area contributed by atoms with Crippen molar-refractivity contribution in [3.63, 3.8) is 0 Å². The number of aryl methyl sites for hydroxylation is 1. The summed E-state index contributed by atoms with van der Waals surface area (Å²) in [7, 11) is 1.74. The summed E-state index contributed by atoms with van der Waals surface area (Å²) < 4.78 is 5.32. The normalized spacial score (nSPS) is 20.4. The van der Waals surface area contributed by atoms with Gasteiger partial charge in [0.2, 0.25) is 5.91 Å². The van der Waals surface area contributed by atoms with Crippen LogP contribution in [-0.4, -0.2) is 49.7 Å². The summed E-state index contributed by atoms with van der Waals surface area (Å²) in [5.41, 5.74) is 1.15. The van der Waals surface area contributed by atoms with E-state index in [4.69, 9.17) is 4.74 Å². The van der Waals surface area contributed by atoms with E-state index in [1.165, 1.54) is 24.9 Å². The van der Waals surface area contributed by atoms with E-state index in [1.54, 1.807) is 7.11 Å². The minimum atomic E-state index is -0.0795. The Morgan fingerprint density at radius 2 is 1.96 bits per heavy atom. The zero-order valence-corrected chi connectivity index (χ0v) is 15.5. The van der Waals surface area contributed by atoms with Gasteiger partial charge in [0.1, 0.15) is 0 Å². The molecule has 1 aliphatic heterocycles. The minimum absolute atomic E-state index is 0.0795. The quantitative estimate of drug-likeness (QED) is 0.749. The van der Waals surface area contributed by atoms with Gasteiger partial charge in [-0.1, -0.05) is 30.3 Å². The van der Waals surface area contributed by atoms with Crippen molar-refractivity contribution in [2.45, 2.75) is 50.5 Å². The second-order valence-electron chi connectivity index (χ2n) is 7.80. The van der Waals surface area contributed by atoms with Crippen LogP contribution in [0.15, 0.2) is 30.3 Å². The summed E-state index contributed by atoms with van der Waals surface area (Å²) in [6.45, 7) is 4.16. The van der Waals surface area contributed by atoms with Crippen LogP contribution in [0, 0.1) is 5.92 Å². The molecule has 1 aromatic carbocycles. The molecule has 4 nitrogen and oxygen atoms in total. The van der Waals surface area contributed by atoms with Gasteiger partial charge in [0.25, 0.3) is 0 Å². The Hall–Kier alpha value is -1.39. The van der Waals surface area contributed by atoms with Crippen LogP contribution in [0.5, 0.6) is 0 Å². The van der Waals surface area contributed by atoms with Gasteiger partial charge in [-0.3, -0.25) is 4.79 Å². The number of nitrogens with one attached hydrogen (secondary N) is 1. The Morgan fingerprint density at radius 1 is 1.24 bits per heavy atom. The fraction of sp³-hybridized carbons (Fsp3) is 0.667. The molecule has 0 aromatic heterocycles. The van der Waals surface area contributed by atoms with Crippen LogP contribution in [-0.2, 0) is 16.0 Å². The summed E-state index contributed by atoms with van der Waals surface area (Å²) in [4.78, 5) is 15.1. The molecule has 1 aromatic rings. The van der Waals surface area contributed by atoms with Crippen molar-refractivity contribution in [2.75, 3.05) is 33.4 Å². The van der Waals surface area contributed by atoms with Crippen molar-refractivity contribution in [3.8, 4) is 0 Å². The van der Waals surface area contributed by atoms with Gasteiger partial charge in [0, 0.05) is 45.3 Å². The van der Waals surface area contributed by atoms with Gasteiger partial charge in [0.15, 0.2) is 0 Å². The Morgan fingerprint density at radius 3 is 2.60 bits per heavy atom. The highest BCUT2D eigenvalue weighted by Crippen LogP contribution is 2.33. The fourth-order valence-corrected chi connectivity index (χ4v) is 3.82. The lowest BCUT2D eigenvalue weighted by Crippen LogP contribution is -2.56. The molecule has 2 fully saturated rings. The van der Waals surface area contributed by atoms with E-state index in [0.717, 1.165) is 44.7 Å². The first-order valence-corrected chi connectivity index (χ1v) is 9.75. The molecule has 0 radical (unpaired) electrons. The molecule has 138 valence electrons. The summed E-state index contributed by atoms with van der Waals surface area (Å²) in [5, 5.41) is 3.38. The number of likely N-dealkylation sites (tertiary alicyclic amines) is 1. The van der Waals surface area contributed by atoms with E-state index in [2.05, 4.69) is 22.3 Å². The molecule has 1 saturated heterocycles. The van der Waals surface area contributed by atoms with Gasteiger partial charge in [-0.05, 0) is 50.0 Å². The summed E-state index contributed by atoms with van der Waals surface area (Å²) in [6.07, 6.45) is 7.17. The summed E-state index contributed by atoms with van der Waals surface area (Å²) >= 11 is 0. The van der Waals surface area contributed by atoms with E-state index < -0.39 is 0 Å². The van der Waals surface area contributed by atoms with Crippen LogP contribution in [0.1, 0.15) is 44.1 Å². The lowest BCUT2D eigenvalue weighted by atomic mass is 9.84. The van der Waals surface area contributed by atoms with Crippen molar-refractivity contribution in [3.05, 3.63) is 35.9 Å². The monoisotopic (exact) mass is 344 g/mol. The highest BCUT2D eigenvalue weighted by Gasteiger charge is 2.36. The van der Waals surface area contributed by atoms with Crippen molar-refractivity contribution in [1.29, 1.82) is 0 Å². The van der Waals surface area contributed by atoms with Gasteiger partial charge in [0.05, 0.1) is 0 Å². The van der Waals surface area contributed by atoms with Gasteiger partial charge < -0.3 is 15.0 Å². The van der Waals surface area contributed by atoms with Crippen molar-refractivity contribution < 1.29 is 9.53 Å². The molecular formula is C21H32N2O2. The fourth-order valence-electron chi connectivity index (χ4n) is 3.82. The summed E-state index contributed by atoms with van der Waals surface area (Å²) in [6, 6.07) is 10.2. The third-order valence-corrected chi connectivity index (χ3v) is 5.70. The number of hydrogen-bond donors (Lipinski definition) is 1. The Labute approximate surface area is 151 Å². The average Bonchev–Trinajstić information content (AvgIpc) is 3.45. The second-order valence-corrected chi connectivity index (χ2v) is 7.80.